The molecule has 0 amide bonds. The average molecular weight is 267 g/mol. The number of fused-ring (bicyclic) bond motifs is 1. The van der Waals surface area contributed by atoms with Gasteiger partial charge in [-0.1, -0.05) is 30.3 Å². The Bertz CT molecular complexity index is 836. The largest absolute Gasteiger partial charge is 0.369 e. The molecule has 4 rings (SSSR count). The van der Waals surface area contributed by atoms with Crippen LogP contribution in [0.5, 0.6) is 0 Å². The maximum atomic E-state index is 11.8. The number of rotatable bonds is 2. The fourth-order valence-corrected chi connectivity index (χ4v) is 2.68. The lowest BCUT2D eigenvalue weighted by Gasteiger charge is -1.97. The molecule has 1 fully saturated rings. The molecule has 20 heavy (non-hydrogen) atoms. The molecule has 1 aliphatic rings. The number of hydrogen-bond donors (Lipinski definition) is 3. The highest BCUT2D eigenvalue weighted by Crippen LogP contribution is 2.53. The van der Waals surface area contributed by atoms with E-state index in [2.05, 4.69) is 32.1 Å². The van der Waals surface area contributed by atoms with Crippen molar-refractivity contribution < 1.29 is 0 Å². The van der Waals surface area contributed by atoms with E-state index in [1.54, 1.807) is 0 Å². The third kappa shape index (κ3) is 1.69. The van der Waals surface area contributed by atoms with Crippen molar-refractivity contribution >= 4 is 17.1 Å². The zero-order valence-electron chi connectivity index (χ0n) is 10.6. The zero-order valence-corrected chi connectivity index (χ0v) is 10.6. The monoisotopic (exact) mass is 267 g/mol. The zero-order chi connectivity index (χ0) is 13.7. The van der Waals surface area contributed by atoms with Crippen molar-refractivity contribution in [3.63, 3.8) is 0 Å². The van der Waals surface area contributed by atoms with Gasteiger partial charge in [0.05, 0.1) is 0 Å². The van der Waals surface area contributed by atoms with Gasteiger partial charge >= 0.3 is 0 Å². The number of H-pyrrole nitrogens is 2. The van der Waals surface area contributed by atoms with E-state index in [-0.39, 0.29) is 11.5 Å². The number of nitrogens with two attached hydrogens (primary N) is 1. The lowest BCUT2D eigenvalue weighted by Crippen LogP contribution is -2.10. The van der Waals surface area contributed by atoms with E-state index < -0.39 is 0 Å². The summed E-state index contributed by atoms with van der Waals surface area (Å²) in [5.74, 6) is 1.70. The molecule has 1 aliphatic carbocycles. The molecule has 0 aliphatic heterocycles. The van der Waals surface area contributed by atoms with Crippen molar-refractivity contribution in [3.8, 4) is 0 Å². The number of anilines is 1. The van der Waals surface area contributed by atoms with E-state index in [0.29, 0.717) is 23.0 Å². The van der Waals surface area contributed by atoms with Gasteiger partial charge in [-0.15, -0.1) is 0 Å². The molecular formula is C14H13N5O. The smallest absolute Gasteiger partial charge is 0.278 e. The van der Waals surface area contributed by atoms with Crippen molar-refractivity contribution in [2.24, 2.45) is 0 Å². The van der Waals surface area contributed by atoms with Gasteiger partial charge < -0.3 is 10.7 Å². The second-order valence-electron chi connectivity index (χ2n) is 5.13. The summed E-state index contributed by atoms with van der Waals surface area (Å²) in [7, 11) is 0. The van der Waals surface area contributed by atoms with E-state index in [9.17, 15) is 4.79 Å². The molecule has 1 aromatic carbocycles. The molecule has 6 nitrogen and oxygen atoms in total. The molecule has 0 radical (unpaired) electrons. The van der Waals surface area contributed by atoms with Gasteiger partial charge in [0.2, 0.25) is 5.95 Å². The van der Waals surface area contributed by atoms with Crippen LogP contribution in [0.4, 0.5) is 5.95 Å². The third-order valence-corrected chi connectivity index (χ3v) is 3.77. The fraction of sp³-hybridized carbons (Fsp3) is 0.214. The van der Waals surface area contributed by atoms with Gasteiger partial charge in [0.15, 0.2) is 11.2 Å². The summed E-state index contributed by atoms with van der Waals surface area (Å²) in [6.07, 6.45) is 1.04. The predicted molar refractivity (Wildman–Crippen MR) is 75.5 cm³/mol. The summed E-state index contributed by atoms with van der Waals surface area (Å²) >= 11 is 0. The van der Waals surface area contributed by atoms with Crippen LogP contribution in [0, 0.1) is 0 Å². The van der Waals surface area contributed by atoms with Crippen LogP contribution in [-0.4, -0.2) is 19.9 Å². The first-order valence-electron chi connectivity index (χ1n) is 6.53. The highest BCUT2D eigenvalue weighted by Gasteiger charge is 2.41. The van der Waals surface area contributed by atoms with Gasteiger partial charge in [0, 0.05) is 5.92 Å². The van der Waals surface area contributed by atoms with E-state index in [1.807, 2.05) is 18.2 Å². The minimum absolute atomic E-state index is 0.0935. The molecule has 3 aromatic rings. The number of nitrogens with zero attached hydrogens (tertiary/aromatic N) is 2. The van der Waals surface area contributed by atoms with Crippen LogP contribution in [0.25, 0.3) is 11.2 Å². The van der Waals surface area contributed by atoms with Gasteiger partial charge in [0.25, 0.3) is 5.56 Å². The number of aromatic amines is 2. The van der Waals surface area contributed by atoms with Crippen molar-refractivity contribution in [1.82, 2.24) is 19.9 Å². The standard InChI is InChI=1S/C14H13N5O/c15-14-18-12-10(13(20)19-14)16-11(17-12)9-6-8(9)7-4-2-1-3-5-7/h1-5,8-9H,6H2,(H4,15,16,17,18,19,20). The molecule has 6 heteroatoms. The number of nitrogen functional groups attached to an aromatic ring is 1. The predicted octanol–water partition coefficient (Wildman–Crippen LogP) is 1.50. The number of hydrogen-bond acceptors (Lipinski definition) is 4. The lowest BCUT2D eigenvalue weighted by molar-refractivity contribution is 0.936. The number of imidazole rings is 1. The van der Waals surface area contributed by atoms with E-state index >= 15 is 0 Å². The highest BCUT2D eigenvalue weighted by molar-refractivity contribution is 5.70. The Morgan fingerprint density at radius 1 is 1.10 bits per heavy atom. The van der Waals surface area contributed by atoms with Crippen LogP contribution in [0.1, 0.15) is 29.6 Å². The van der Waals surface area contributed by atoms with Crippen molar-refractivity contribution in [1.29, 1.82) is 0 Å². The first-order valence-corrected chi connectivity index (χ1v) is 6.53. The first kappa shape index (κ1) is 11.2. The molecule has 0 spiro atoms. The third-order valence-electron chi connectivity index (χ3n) is 3.77. The minimum Gasteiger partial charge on any atom is -0.369 e. The average Bonchev–Trinajstić information content (AvgIpc) is 3.13. The van der Waals surface area contributed by atoms with Crippen molar-refractivity contribution in [2.75, 3.05) is 5.73 Å². The molecular weight excluding hydrogens is 254 g/mol. The number of benzene rings is 1. The Labute approximate surface area is 114 Å². The molecule has 100 valence electrons. The van der Waals surface area contributed by atoms with Crippen LogP contribution >= 0.6 is 0 Å². The molecule has 0 bridgehead atoms. The molecule has 2 aromatic heterocycles. The molecule has 4 N–H and O–H groups in total. The summed E-state index contributed by atoms with van der Waals surface area (Å²) in [5.41, 5.74) is 7.34. The van der Waals surface area contributed by atoms with Crippen LogP contribution in [0.15, 0.2) is 35.1 Å². The number of nitrogens with one attached hydrogen (secondary N) is 2. The van der Waals surface area contributed by atoms with Gasteiger partial charge in [-0.2, -0.15) is 4.98 Å². The molecule has 2 atom stereocenters. The summed E-state index contributed by atoms with van der Waals surface area (Å²) in [6, 6.07) is 10.3. The van der Waals surface area contributed by atoms with Gasteiger partial charge in [-0.05, 0) is 17.9 Å². The normalized spacial score (nSPS) is 21.2. The second-order valence-corrected chi connectivity index (χ2v) is 5.13. The summed E-state index contributed by atoms with van der Waals surface area (Å²) in [6.45, 7) is 0. The minimum atomic E-state index is -0.275. The Hall–Kier alpha value is -2.63. The molecule has 2 heterocycles. The quantitative estimate of drug-likeness (QED) is 0.655. The van der Waals surface area contributed by atoms with E-state index in [1.165, 1.54) is 5.56 Å². The second kappa shape index (κ2) is 3.93. The van der Waals surface area contributed by atoms with Gasteiger partial charge in [-0.3, -0.25) is 9.78 Å². The van der Waals surface area contributed by atoms with Crippen LogP contribution in [-0.2, 0) is 0 Å². The Kier molecular flexibility index (Phi) is 2.20. The topological polar surface area (TPSA) is 100 Å². The fourth-order valence-electron chi connectivity index (χ4n) is 2.68. The summed E-state index contributed by atoms with van der Waals surface area (Å²) < 4.78 is 0. The van der Waals surface area contributed by atoms with Crippen LogP contribution in [0.2, 0.25) is 0 Å². The summed E-state index contributed by atoms with van der Waals surface area (Å²) in [4.78, 5) is 25.8. The lowest BCUT2D eigenvalue weighted by atomic mass is 10.1. The number of aromatic nitrogens is 4. The summed E-state index contributed by atoms with van der Waals surface area (Å²) in [5, 5.41) is 0. The van der Waals surface area contributed by atoms with Crippen LogP contribution < -0.4 is 11.3 Å². The maximum absolute atomic E-state index is 11.8. The maximum Gasteiger partial charge on any atom is 0.278 e. The molecule has 1 saturated carbocycles. The first-order chi connectivity index (χ1) is 9.72. The molecule has 2 unspecified atom stereocenters. The van der Waals surface area contributed by atoms with E-state index in [0.717, 1.165) is 12.2 Å². The Balaban J connectivity index is 1.71. The van der Waals surface area contributed by atoms with Crippen molar-refractivity contribution in [2.45, 2.75) is 18.3 Å². The van der Waals surface area contributed by atoms with Gasteiger partial charge in [-0.25, -0.2) is 4.98 Å². The van der Waals surface area contributed by atoms with E-state index in [4.69, 9.17) is 5.73 Å². The molecule has 0 saturated heterocycles. The highest BCUT2D eigenvalue weighted by atomic mass is 16.1. The Morgan fingerprint density at radius 3 is 2.70 bits per heavy atom. The SMILES string of the molecule is Nc1nc2nc(C3CC3c3ccccc3)[nH]c2c(=O)[nH]1. The Morgan fingerprint density at radius 2 is 1.90 bits per heavy atom. The van der Waals surface area contributed by atoms with Gasteiger partial charge in [0.1, 0.15) is 5.82 Å². The van der Waals surface area contributed by atoms with Crippen molar-refractivity contribution in [3.05, 3.63) is 52.1 Å². The van der Waals surface area contributed by atoms with Crippen LogP contribution in [0.3, 0.4) is 0 Å².